The topological polar surface area (TPSA) is 95.2 Å². The Morgan fingerprint density at radius 3 is 2.55 bits per heavy atom. The minimum absolute atomic E-state index is 0.0335. The normalized spacial score (nSPS) is 15.7. The first kappa shape index (κ1) is 20.7. The number of aromatic nitrogens is 3. The van der Waals surface area contributed by atoms with Crippen molar-refractivity contribution in [1.29, 1.82) is 0 Å². The Bertz CT molecular complexity index is 1180. The number of nitrogens with zero attached hydrogens (tertiary/aromatic N) is 3. The maximum Gasteiger partial charge on any atom is 0.352 e. The number of hydrogen-bond donors (Lipinski definition) is 1. The van der Waals surface area contributed by atoms with Gasteiger partial charge in [-0.15, -0.1) is 0 Å². The fourth-order valence-corrected chi connectivity index (χ4v) is 3.41. The number of hydrogen-bond acceptors (Lipinski definition) is 5. The van der Waals surface area contributed by atoms with Gasteiger partial charge in [-0.2, -0.15) is 9.78 Å². The molecule has 1 fully saturated rings. The summed E-state index contributed by atoms with van der Waals surface area (Å²) in [6.45, 7) is 0.848. The molecule has 1 aliphatic heterocycles. The van der Waals surface area contributed by atoms with E-state index < -0.39 is 28.7 Å². The Labute approximate surface area is 176 Å². The summed E-state index contributed by atoms with van der Waals surface area (Å²) >= 11 is 0. The molecule has 0 unspecified atom stereocenters. The summed E-state index contributed by atoms with van der Waals surface area (Å²) in [5, 5.41) is 6.68. The van der Waals surface area contributed by atoms with E-state index in [1.807, 2.05) is 6.07 Å². The molecule has 31 heavy (non-hydrogen) atoms. The molecule has 1 aliphatic rings. The van der Waals surface area contributed by atoms with Crippen molar-refractivity contribution >= 4 is 5.91 Å². The standard InChI is InChI=1S/C22H21FN4O4/c23-16-8-10-17(11-9-16)27-22(30)26(14-15-5-2-1-3-6-15)21(29)19(25-27)20(28)24-13-18-7-4-12-31-18/h1-3,5-6,8-11,18H,4,7,12-14H2,(H,24,28)/t18-/m0/s1. The Balaban J connectivity index is 1.75. The van der Waals surface area contributed by atoms with Crippen molar-refractivity contribution in [3.63, 3.8) is 0 Å². The smallest absolute Gasteiger partial charge is 0.352 e. The Morgan fingerprint density at radius 1 is 1.13 bits per heavy atom. The van der Waals surface area contributed by atoms with Crippen molar-refractivity contribution < 1.29 is 13.9 Å². The average molecular weight is 424 g/mol. The van der Waals surface area contributed by atoms with Crippen LogP contribution in [0.5, 0.6) is 0 Å². The summed E-state index contributed by atoms with van der Waals surface area (Å²) in [7, 11) is 0. The summed E-state index contributed by atoms with van der Waals surface area (Å²) in [6.07, 6.45) is 1.62. The second kappa shape index (κ2) is 9.05. The Kier molecular flexibility index (Phi) is 6.03. The van der Waals surface area contributed by atoms with E-state index >= 15 is 0 Å². The van der Waals surface area contributed by atoms with E-state index in [4.69, 9.17) is 4.74 Å². The molecule has 0 saturated carbocycles. The van der Waals surface area contributed by atoms with E-state index in [9.17, 15) is 18.8 Å². The molecule has 2 aromatic carbocycles. The van der Waals surface area contributed by atoms with Crippen LogP contribution in [0.1, 0.15) is 28.9 Å². The number of rotatable bonds is 6. The van der Waals surface area contributed by atoms with E-state index in [-0.39, 0.29) is 24.9 Å². The third-order valence-corrected chi connectivity index (χ3v) is 5.04. The monoisotopic (exact) mass is 424 g/mol. The summed E-state index contributed by atoms with van der Waals surface area (Å²) in [5.41, 5.74) is -0.989. The molecule has 0 bridgehead atoms. The summed E-state index contributed by atoms with van der Waals surface area (Å²) in [4.78, 5) is 38.8. The molecule has 1 atom stereocenters. The highest BCUT2D eigenvalue weighted by Gasteiger charge is 2.22. The zero-order chi connectivity index (χ0) is 21.8. The number of carbonyl (C=O) groups is 1. The third-order valence-electron chi connectivity index (χ3n) is 5.04. The molecule has 0 radical (unpaired) electrons. The number of nitrogens with one attached hydrogen (secondary N) is 1. The van der Waals surface area contributed by atoms with E-state index in [1.54, 1.807) is 24.3 Å². The molecule has 8 nitrogen and oxygen atoms in total. The van der Waals surface area contributed by atoms with Crippen molar-refractivity contribution in [2.24, 2.45) is 0 Å². The van der Waals surface area contributed by atoms with Crippen molar-refractivity contribution in [3.05, 3.63) is 92.5 Å². The van der Waals surface area contributed by atoms with Crippen molar-refractivity contribution in [3.8, 4) is 5.69 Å². The second-order valence-corrected chi connectivity index (χ2v) is 7.24. The highest BCUT2D eigenvalue weighted by atomic mass is 19.1. The molecule has 3 aromatic rings. The molecule has 4 rings (SSSR count). The fraction of sp³-hybridized carbons (Fsp3) is 0.273. The molecular formula is C22H21FN4O4. The van der Waals surface area contributed by atoms with Crippen LogP contribution in [0.15, 0.2) is 64.2 Å². The van der Waals surface area contributed by atoms with Gasteiger partial charge in [0, 0.05) is 13.2 Å². The van der Waals surface area contributed by atoms with Gasteiger partial charge in [-0.1, -0.05) is 30.3 Å². The molecule has 1 saturated heterocycles. The van der Waals surface area contributed by atoms with Crippen LogP contribution in [0.2, 0.25) is 0 Å². The molecule has 0 aliphatic carbocycles. The van der Waals surface area contributed by atoms with Crippen LogP contribution in [0.4, 0.5) is 4.39 Å². The number of benzene rings is 2. The largest absolute Gasteiger partial charge is 0.376 e. The van der Waals surface area contributed by atoms with Crippen LogP contribution in [0.3, 0.4) is 0 Å². The van der Waals surface area contributed by atoms with Crippen LogP contribution in [0, 0.1) is 5.82 Å². The number of carbonyl (C=O) groups excluding carboxylic acids is 1. The van der Waals surface area contributed by atoms with Gasteiger partial charge in [0.25, 0.3) is 11.5 Å². The predicted octanol–water partition coefficient (Wildman–Crippen LogP) is 1.49. The molecule has 1 aromatic heterocycles. The van der Waals surface area contributed by atoms with Gasteiger partial charge in [0.05, 0.1) is 18.3 Å². The zero-order valence-electron chi connectivity index (χ0n) is 16.7. The van der Waals surface area contributed by atoms with Crippen LogP contribution in [-0.4, -0.2) is 39.5 Å². The van der Waals surface area contributed by atoms with Crippen molar-refractivity contribution in [2.75, 3.05) is 13.2 Å². The predicted molar refractivity (Wildman–Crippen MR) is 111 cm³/mol. The van der Waals surface area contributed by atoms with Crippen molar-refractivity contribution in [2.45, 2.75) is 25.5 Å². The van der Waals surface area contributed by atoms with Crippen LogP contribution in [-0.2, 0) is 11.3 Å². The summed E-state index contributed by atoms with van der Waals surface area (Å²) < 4.78 is 20.7. The van der Waals surface area contributed by atoms with E-state index in [2.05, 4.69) is 10.4 Å². The fourth-order valence-electron chi connectivity index (χ4n) is 3.41. The molecule has 1 amide bonds. The molecule has 160 valence electrons. The maximum atomic E-state index is 13.4. The molecular weight excluding hydrogens is 403 g/mol. The average Bonchev–Trinajstić information content (AvgIpc) is 3.30. The lowest BCUT2D eigenvalue weighted by Gasteiger charge is -2.13. The van der Waals surface area contributed by atoms with Gasteiger partial charge in [0.1, 0.15) is 5.82 Å². The van der Waals surface area contributed by atoms with E-state index in [0.29, 0.717) is 12.2 Å². The van der Waals surface area contributed by atoms with Gasteiger partial charge in [0.15, 0.2) is 0 Å². The first-order valence-corrected chi connectivity index (χ1v) is 9.97. The van der Waals surface area contributed by atoms with Crippen LogP contribution in [0.25, 0.3) is 5.69 Å². The van der Waals surface area contributed by atoms with Gasteiger partial charge < -0.3 is 10.1 Å². The van der Waals surface area contributed by atoms with E-state index in [0.717, 1.165) is 22.1 Å². The molecule has 1 N–H and O–H groups in total. The molecule has 0 spiro atoms. The van der Waals surface area contributed by atoms with Crippen molar-refractivity contribution in [1.82, 2.24) is 19.7 Å². The number of halogens is 1. The zero-order valence-corrected chi connectivity index (χ0v) is 16.7. The van der Waals surface area contributed by atoms with Gasteiger partial charge in [0.2, 0.25) is 5.69 Å². The maximum absolute atomic E-state index is 13.4. The van der Waals surface area contributed by atoms with E-state index in [1.165, 1.54) is 24.3 Å². The molecule has 9 heteroatoms. The minimum atomic E-state index is -0.794. The first-order chi connectivity index (χ1) is 15.0. The van der Waals surface area contributed by atoms with Gasteiger partial charge in [-0.05, 0) is 42.7 Å². The Morgan fingerprint density at radius 2 is 1.87 bits per heavy atom. The number of ether oxygens (including phenoxy) is 1. The highest BCUT2D eigenvalue weighted by molar-refractivity contribution is 5.91. The third kappa shape index (κ3) is 4.61. The Hall–Kier alpha value is -3.59. The second-order valence-electron chi connectivity index (χ2n) is 7.24. The summed E-state index contributed by atoms with van der Waals surface area (Å²) in [6, 6.07) is 14.0. The van der Waals surface area contributed by atoms with Crippen LogP contribution >= 0.6 is 0 Å². The quantitative estimate of drug-likeness (QED) is 0.647. The van der Waals surface area contributed by atoms with Gasteiger partial charge in [-0.25, -0.2) is 9.18 Å². The van der Waals surface area contributed by atoms with Gasteiger partial charge in [-0.3, -0.25) is 14.2 Å². The lowest BCUT2D eigenvalue weighted by atomic mass is 10.2. The first-order valence-electron chi connectivity index (χ1n) is 9.97. The van der Waals surface area contributed by atoms with Gasteiger partial charge >= 0.3 is 5.69 Å². The minimum Gasteiger partial charge on any atom is -0.376 e. The summed E-state index contributed by atoms with van der Waals surface area (Å²) in [5.74, 6) is -1.18. The molecule has 2 heterocycles. The van der Waals surface area contributed by atoms with Crippen LogP contribution < -0.4 is 16.6 Å². The SMILES string of the molecule is O=C(NC[C@@H]1CCCO1)c1nn(-c2ccc(F)cc2)c(=O)n(Cc2ccccc2)c1=O. The lowest BCUT2D eigenvalue weighted by Crippen LogP contribution is -2.46. The highest BCUT2D eigenvalue weighted by Crippen LogP contribution is 2.11. The lowest BCUT2D eigenvalue weighted by molar-refractivity contribution is 0.0849. The number of amides is 1.